The number of amides is 3. The molecule has 13 nitrogen and oxygen atoms in total. The summed E-state index contributed by atoms with van der Waals surface area (Å²) in [4.78, 5) is 51.0. The minimum Gasteiger partial charge on any atom is -0.459 e. The van der Waals surface area contributed by atoms with E-state index in [1.165, 1.54) is 4.90 Å². The van der Waals surface area contributed by atoms with E-state index in [4.69, 9.17) is 33.2 Å². The number of benzene rings is 1. The molecule has 3 amide bonds. The van der Waals surface area contributed by atoms with Crippen molar-refractivity contribution < 1.29 is 52.3 Å². The maximum Gasteiger partial charge on any atom is 0.338 e. The van der Waals surface area contributed by atoms with E-state index in [1.54, 1.807) is 49.9 Å². The fourth-order valence-corrected chi connectivity index (χ4v) is 3.93. The number of esters is 2. The minimum atomic E-state index is -0.850. The van der Waals surface area contributed by atoms with Crippen molar-refractivity contribution in [3.63, 3.8) is 0 Å². The molecule has 0 N–H and O–H groups in total. The first-order valence-corrected chi connectivity index (χ1v) is 13.3. The maximum atomic E-state index is 12.5. The fraction of sp³-hybridized carbons (Fsp3) is 0.630. The van der Waals surface area contributed by atoms with Crippen molar-refractivity contribution in [3.8, 4) is 0 Å². The van der Waals surface area contributed by atoms with Crippen LogP contribution in [0.15, 0.2) is 24.3 Å². The number of hydrogen-bond donors (Lipinski definition) is 0. The third-order valence-corrected chi connectivity index (χ3v) is 6.89. The lowest BCUT2D eigenvalue weighted by Gasteiger charge is -2.26. The van der Waals surface area contributed by atoms with E-state index in [2.05, 4.69) is 0 Å². The first-order valence-electron chi connectivity index (χ1n) is 13.3. The lowest BCUT2D eigenvalue weighted by Crippen LogP contribution is -2.46. The monoisotopic (exact) mass is 562 g/mol. The second kappa shape index (κ2) is 11.8. The van der Waals surface area contributed by atoms with Crippen LogP contribution in [-0.4, -0.2) is 123 Å². The lowest BCUT2D eigenvalue weighted by molar-refractivity contribution is -0.140. The van der Waals surface area contributed by atoms with Crippen LogP contribution in [0.4, 0.5) is 4.79 Å². The molecule has 218 valence electrons. The summed E-state index contributed by atoms with van der Waals surface area (Å²) in [5.41, 5.74) is -0.0584. The molecular formula is C27H34N2O11. The molecule has 5 unspecified atom stereocenters. The van der Waals surface area contributed by atoms with E-state index in [1.807, 2.05) is 0 Å². The van der Waals surface area contributed by atoms with Gasteiger partial charge in [-0.15, -0.1) is 0 Å². The normalized spacial score (nSPS) is 27.9. The van der Waals surface area contributed by atoms with Crippen LogP contribution in [0.3, 0.4) is 0 Å². The molecule has 5 aliphatic rings. The van der Waals surface area contributed by atoms with Gasteiger partial charge in [0.05, 0.1) is 56.8 Å². The molecule has 40 heavy (non-hydrogen) atoms. The van der Waals surface area contributed by atoms with Gasteiger partial charge in [0, 0.05) is 0 Å². The van der Waals surface area contributed by atoms with Gasteiger partial charge in [-0.25, -0.2) is 19.3 Å². The summed E-state index contributed by atoms with van der Waals surface area (Å²) < 4.78 is 35.8. The van der Waals surface area contributed by atoms with Crippen LogP contribution in [0.25, 0.3) is 0 Å². The molecule has 0 aromatic heterocycles. The van der Waals surface area contributed by atoms with Crippen LogP contribution in [0.2, 0.25) is 0 Å². The number of urea groups is 1. The van der Waals surface area contributed by atoms with Crippen molar-refractivity contribution in [1.29, 1.82) is 0 Å². The molecule has 5 heterocycles. The van der Waals surface area contributed by atoms with Crippen LogP contribution in [-0.2, 0) is 38.0 Å². The Balaban J connectivity index is 0.000000161. The highest BCUT2D eigenvalue weighted by molar-refractivity contribution is 6.06. The summed E-state index contributed by atoms with van der Waals surface area (Å²) in [6, 6.07) is 5.86. The molecule has 0 radical (unpaired) electrons. The summed E-state index contributed by atoms with van der Waals surface area (Å²) in [5.74, 6) is -1.08. The zero-order chi connectivity index (χ0) is 28.4. The Morgan fingerprint density at radius 1 is 0.825 bits per heavy atom. The molecule has 1 aromatic rings. The molecule has 5 saturated heterocycles. The molecule has 5 fully saturated rings. The number of nitrogens with zero attached hydrogens (tertiary/aromatic N) is 2. The Labute approximate surface area is 231 Å². The predicted molar refractivity (Wildman–Crippen MR) is 134 cm³/mol. The van der Waals surface area contributed by atoms with Gasteiger partial charge in [-0.1, -0.05) is 0 Å². The van der Waals surface area contributed by atoms with E-state index >= 15 is 0 Å². The highest BCUT2D eigenvalue weighted by Gasteiger charge is 2.54. The van der Waals surface area contributed by atoms with E-state index < -0.39 is 23.7 Å². The molecule has 1 aromatic carbocycles. The highest BCUT2D eigenvalue weighted by atomic mass is 16.6. The summed E-state index contributed by atoms with van der Waals surface area (Å²) in [6.07, 6.45) is -0.337. The average molecular weight is 563 g/mol. The standard InChI is InChI=1S/C14H14O6.C13H20N2O5/c15-13(19-7-11-5-17-11)9-1-2-10(4-3-9)14(16)20-8-12-6-18-12;1-8(18-6-10-7-20-10)15-11(16)13(2,3)14(12(15)17)4-9-5-19-9/h1-4,11-12H,5-8H2;8-10H,4-7H2,1-3H3. The molecule has 6 rings (SSSR count). The zero-order valence-electron chi connectivity index (χ0n) is 22.7. The molecule has 0 saturated carbocycles. The number of rotatable bonds is 12. The number of ether oxygens (including phenoxy) is 7. The predicted octanol–water partition coefficient (Wildman–Crippen LogP) is 0.987. The fourth-order valence-electron chi connectivity index (χ4n) is 3.93. The summed E-state index contributed by atoms with van der Waals surface area (Å²) in [7, 11) is 0. The van der Waals surface area contributed by atoms with Gasteiger partial charge in [0.15, 0.2) is 0 Å². The third kappa shape index (κ3) is 7.34. The van der Waals surface area contributed by atoms with Crippen molar-refractivity contribution in [2.45, 2.75) is 57.0 Å². The topological polar surface area (TPSA) is 153 Å². The van der Waals surface area contributed by atoms with E-state index in [-0.39, 0.29) is 49.6 Å². The number of epoxide rings is 4. The van der Waals surface area contributed by atoms with Crippen LogP contribution in [0.1, 0.15) is 41.5 Å². The Morgan fingerprint density at radius 3 is 1.68 bits per heavy atom. The van der Waals surface area contributed by atoms with E-state index in [0.29, 0.717) is 50.7 Å². The second-order valence-corrected chi connectivity index (χ2v) is 10.7. The van der Waals surface area contributed by atoms with Crippen molar-refractivity contribution in [1.82, 2.24) is 9.80 Å². The van der Waals surface area contributed by atoms with Crippen LogP contribution in [0.5, 0.6) is 0 Å². The summed E-state index contributed by atoms with van der Waals surface area (Å²) >= 11 is 0. The van der Waals surface area contributed by atoms with Crippen molar-refractivity contribution in [2.75, 3.05) is 52.8 Å². The van der Waals surface area contributed by atoms with Gasteiger partial charge in [-0.05, 0) is 45.0 Å². The number of hydrogen-bond acceptors (Lipinski definition) is 11. The summed E-state index contributed by atoms with van der Waals surface area (Å²) in [6.45, 7) is 9.24. The smallest absolute Gasteiger partial charge is 0.338 e. The van der Waals surface area contributed by atoms with E-state index in [0.717, 1.165) is 0 Å². The van der Waals surface area contributed by atoms with Gasteiger partial charge >= 0.3 is 18.0 Å². The Bertz CT molecular complexity index is 1060. The van der Waals surface area contributed by atoms with Gasteiger partial charge < -0.3 is 38.1 Å². The van der Waals surface area contributed by atoms with E-state index in [9.17, 15) is 19.2 Å². The molecular weight excluding hydrogens is 528 g/mol. The quantitative estimate of drug-likeness (QED) is 0.204. The minimum absolute atomic E-state index is 0.0397. The second-order valence-electron chi connectivity index (χ2n) is 10.7. The van der Waals surface area contributed by atoms with Gasteiger partial charge in [0.1, 0.15) is 43.3 Å². The first-order chi connectivity index (χ1) is 19.1. The molecule has 0 bridgehead atoms. The van der Waals surface area contributed by atoms with Crippen molar-refractivity contribution in [3.05, 3.63) is 35.4 Å². The van der Waals surface area contributed by atoms with Gasteiger partial charge in [-0.3, -0.25) is 4.79 Å². The molecule has 0 aliphatic carbocycles. The highest BCUT2D eigenvalue weighted by Crippen LogP contribution is 2.31. The average Bonchev–Trinajstić information content (AvgIpc) is 3.79. The zero-order valence-corrected chi connectivity index (χ0v) is 22.7. The Morgan fingerprint density at radius 2 is 1.25 bits per heavy atom. The van der Waals surface area contributed by atoms with Crippen LogP contribution >= 0.6 is 0 Å². The Kier molecular flexibility index (Phi) is 8.38. The lowest BCUT2D eigenvalue weighted by atomic mass is 10.0. The van der Waals surface area contributed by atoms with Crippen LogP contribution < -0.4 is 0 Å². The molecule has 5 atom stereocenters. The van der Waals surface area contributed by atoms with Gasteiger partial charge in [-0.2, -0.15) is 0 Å². The maximum absolute atomic E-state index is 12.5. The molecule has 5 aliphatic heterocycles. The number of carbonyl (C=O) groups excluding carboxylic acids is 4. The largest absolute Gasteiger partial charge is 0.459 e. The van der Waals surface area contributed by atoms with Crippen LogP contribution in [0, 0.1) is 0 Å². The van der Waals surface area contributed by atoms with Gasteiger partial charge in [0.25, 0.3) is 5.91 Å². The third-order valence-electron chi connectivity index (χ3n) is 6.89. The molecule has 0 spiro atoms. The molecule has 13 heteroatoms. The Hall–Kier alpha value is -3.10. The SMILES string of the molecule is CC(OCC1CO1)N1C(=O)N(CC2CO2)C(C)(C)C1=O.O=C(OCC1CO1)c1ccc(C(=O)OCC2CO2)cc1. The number of imide groups is 1. The number of carbonyl (C=O) groups is 4. The van der Waals surface area contributed by atoms with Crippen molar-refractivity contribution >= 4 is 23.9 Å². The van der Waals surface area contributed by atoms with Crippen molar-refractivity contribution in [2.24, 2.45) is 0 Å². The summed E-state index contributed by atoms with van der Waals surface area (Å²) in [5, 5.41) is 0. The first kappa shape index (κ1) is 28.4. The van der Waals surface area contributed by atoms with Gasteiger partial charge in [0.2, 0.25) is 0 Å².